The van der Waals surface area contributed by atoms with Crippen molar-refractivity contribution in [3.8, 4) is 5.75 Å². The summed E-state index contributed by atoms with van der Waals surface area (Å²) in [5, 5.41) is 2.98. The van der Waals surface area contributed by atoms with Crippen molar-refractivity contribution in [2.75, 3.05) is 17.3 Å². The van der Waals surface area contributed by atoms with E-state index in [1.807, 2.05) is 59.5 Å². The molecule has 0 radical (unpaired) electrons. The van der Waals surface area contributed by atoms with Gasteiger partial charge in [-0.2, -0.15) is 0 Å². The van der Waals surface area contributed by atoms with Gasteiger partial charge in [-0.25, -0.2) is 4.39 Å². The molecule has 0 aliphatic carbocycles. The van der Waals surface area contributed by atoms with Gasteiger partial charge in [-0.15, -0.1) is 0 Å². The van der Waals surface area contributed by atoms with Crippen LogP contribution < -0.4 is 15.0 Å². The van der Waals surface area contributed by atoms with Crippen LogP contribution in [0.2, 0.25) is 0 Å². The second-order valence-electron chi connectivity index (χ2n) is 10.5. The Kier molecular flexibility index (Phi) is 5.64. The summed E-state index contributed by atoms with van der Waals surface area (Å²) in [6.07, 6.45) is 3.82. The van der Waals surface area contributed by atoms with Gasteiger partial charge < -0.3 is 15.0 Å². The molecule has 202 valence electrons. The zero-order chi connectivity index (χ0) is 28.3. The zero-order valence-electron chi connectivity index (χ0n) is 22.1. The maximum absolute atomic E-state index is 15.3. The summed E-state index contributed by atoms with van der Waals surface area (Å²) in [6, 6.07) is 25.4. The number of Topliss-reactive ketones (excluding diaryl/α,β-unsaturated/α-hetero) is 2. The number of anilines is 2. The Morgan fingerprint density at radius 1 is 0.878 bits per heavy atom. The van der Waals surface area contributed by atoms with Gasteiger partial charge in [0, 0.05) is 16.9 Å². The van der Waals surface area contributed by atoms with Crippen molar-refractivity contribution in [2.24, 2.45) is 5.92 Å². The number of hydrogen-bond acceptors (Lipinski definition) is 5. The molecule has 3 aliphatic heterocycles. The van der Waals surface area contributed by atoms with Crippen LogP contribution in [0.15, 0.2) is 103 Å². The molecule has 6 nitrogen and oxygen atoms in total. The third-order valence-electron chi connectivity index (χ3n) is 8.61. The maximum Gasteiger partial charge on any atom is 0.238 e. The van der Waals surface area contributed by atoms with E-state index in [9.17, 15) is 14.4 Å². The Hall–Kier alpha value is -5.04. The number of methoxy groups -OCH3 is 1. The van der Waals surface area contributed by atoms with E-state index in [1.165, 1.54) is 18.2 Å². The van der Waals surface area contributed by atoms with E-state index in [2.05, 4.69) is 5.32 Å². The molecule has 0 unspecified atom stereocenters. The predicted octanol–water partition coefficient (Wildman–Crippen LogP) is 5.69. The van der Waals surface area contributed by atoms with Crippen molar-refractivity contribution in [2.45, 2.75) is 17.5 Å². The largest absolute Gasteiger partial charge is 0.497 e. The quantitative estimate of drug-likeness (QED) is 0.327. The highest BCUT2D eigenvalue weighted by atomic mass is 19.1. The van der Waals surface area contributed by atoms with E-state index < -0.39 is 40.9 Å². The molecule has 0 aromatic heterocycles. The van der Waals surface area contributed by atoms with Crippen LogP contribution in [0.3, 0.4) is 0 Å². The van der Waals surface area contributed by atoms with Crippen LogP contribution in [0, 0.1) is 11.7 Å². The molecule has 1 amide bonds. The SMILES string of the molecule is COc1ccc(C(=O)[C@@H]2[C@@H](C(=O)c3ccccc3F)[C@]3(C(=O)Nc4ccccc43)[C@H]3C=Cc4ccccc4N23)cc1. The molecule has 4 aromatic carbocycles. The highest BCUT2D eigenvalue weighted by molar-refractivity contribution is 6.18. The van der Waals surface area contributed by atoms with Gasteiger partial charge in [0.25, 0.3) is 0 Å². The lowest BCUT2D eigenvalue weighted by Gasteiger charge is -2.37. The fraction of sp³-hybridized carbons (Fsp3) is 0.147. The summed E-state index contributed by atoms with van der Waals surface area (Å²) in [6.45, 7) is 0. The first-order chi connectivity index (χ1) is 20.0. The number of rotatable bonds is 5. The van der Waals surface area contributed by atoms with Crippen molar-refractivity contribution in [1.29, 1.82) is 0 Å². The number of halogens is 1. The predicted molar refractivity (Wildman–Crippen MR) is 154 cm³/mol. The average Bonchev–Trinajstić information content (AvgIpc) is 3.49. The minimum Gasteiger partial charge on any atom is -0.497 e. The molecule has 7 rings (SSSR count). The van der Waals surface area contributed by atoms with Crippen LogP contribution in [-0.2, 0) is 10.2 Å². The van der Waals surface area contributed by atoms with Crippen molar-refractivity contribution in [3.05, 3.63) is 131 Å². The molecule has 7 heteroatoms. The topological polar surface area (TPSA) is 75.7 Å². The van der Waals surface area contributed by atoms with Gasteiger partial charge in [0.2, 0.25) is 5.91 Å². The average molecular weight is 545 g/mol. The number of carbonyl (C=O) groups excluding carboxylic acids is 3. The van der Waals surface area contributed by atoms with E-state index in [0.29, 0.717) is 22.6 Å². The van der Waals surface area contributed by atoms with Gasteiger partial charge in [0.1, 0.15) is 23.0 Å². The van der Waals surface area contributed by atoms with Gasteiger partial charge in [0.15, 0.2) is 11.6 Å². The van der Waals surface area contributed by atoms with Gasteiger partial charge in [-0.3, -0.25) is 14.4 Å². The molecule has 3 aliphatic rings. The molecule has 0 saturated carbocycles. The number of fused-ring (bicyclic) bond motifs is 6. The van der Waals surface area contributed by atoms with Crippen molar-refractivity contribution in [3.63, 3.8) is 0 Å². The molecule has 1 fully saturated rings. The second-order valence-corrected chi connectivity index (χ2v) is 10.5. The number of ketones is 2. The molecule has 1 spiro atoms. The van der Waals surface area contributed by atoms with E-state index >= 15 is 4.39 Å². The summed E-state index contributed by atoms with van der Waals surface area (Å²) in [5.74, 6) is -2.68. The van der Waals surface area contributed by atoms with Crippen LogP contribution in [0.25, 0.3) is 6.08 Å². The molecule has 0 bridgehead atoms. The molecule has 41 heavy (non-hydrogen) atoms. The number of benzene rings is 4. The summed E-state index contributed by atoms with van der Waals surface area (Å²) in [7, 11) is 1.54. The first-order valence-electron chi connectivity index (χ1n) is 13.4. The van der Waals surface area contributed by atoms with Gasteiger partial charge in [0.05, 0.1) is 24.6 Å². The van der Waals surface area contributed by atoms with Gasteiger partial charge in [-0.05, 0) is 59.7 Å². The lowest BCUT2D eigenvalue weighted by atomic mass is 9.64. The fourth-order valence-corrected chi connectivity index (χ4v) is 6.87. The van der Waals surface area contributed by atoms with Crippen molar-refractivity contribution in [1.82, 2.24) is 0 Å². The zero-order valence-corrected chi connectivity index (χ0v) is 22.1. The summed E-state index contributed by atoms with van der Waals surface area (Å²) in [4.78, 5) is 45.5. The standard InChI is InChI=1S/C34H25FN2O4/c1-41-22-17-14-21(15-18-22)31(38)30-29(32(39)23-9-3-5-11-25(23)35)34(24-10-4-6-12-26(24)36-33(34)40)28-19-16-20-8-2-7-13-27(20)37(28)30/h2-19,28-30H,1H3,(H,36,40)/t28-,29+,30+,34-/m1/s1. The third kappa shape index (κ3) is 3.45. The van der Waals surface area contributed by atoms with E-state index in [0.717, 1.165) is 11.3 Å². The highest BCUT2D eigenvalue weighted by Gasteiger charge is 2.70. The first kappa shape index (κ1) is 25.0. The van der Waals surface area contributed by atoms with Gasteiger partial charge in [-0.1, -0.05) is 60.7 Å². The second kappa shape index (κ2) is 9.27. The molecule has 1 saturated heterocycles. The fourth-order valence-electron chi connectivity index (χ4n) is 6.87. The lowest BCUT2D eigenvalue weighted by Crippen LogP contribution is -2.51. The Morgan fingerprint density at radius 2 is 1.59 bits per heavy atom. The van der Waals surface area contributed by atoms with Gasteiger partial charge >= 0.3 is 0 Å². The molecule has 1 N–H and O–H groups in total. The molecular formula is C34H25FN2O4. The molecule has 3 heterocycles. The maximum atomic E-state index is 15.3. The number of para-hydroxylation sites is 2. The first-order valence-corrected chi connectivity index (χ1v) is 13.4. The minimum absolute atomic E-state index is 0.154. The van der Waals surface area contributed by atoms with Crippen LogP contribution in [0.5, 0.6) is 5.75 Å². The number of ether oxygens (including phenoxy) is 1. The van der Waals surface area contributed by atoms with E-state index in [4.69, 9.17) is 4.74 Å². The molecule has 4 aromatic rings. The molecular weight excluding hydrogens is 519 g/mol. The Bertz CT molecular complexity index is 1760. The smallest absolute Gasteiger partial charge is 0.238 e. The summed E-state index contributed by atoms with van der Waals surface area (Å²) >= 11 is 0. The minimum atomic E-state index is -1.49. The third-order valence-corrected chi connectivity index (χ3v) is 8.61. The van der Waals surface area contributed by atoms with E-state index in [1.54, 1.807) is 43.5 Å². The number of nitrogens with zero attached hydrogens (tertiary/aromatic N) is 1. The number of nitrogens with one attached hydrogen (secondary N) is 1. The highest BCUT2D eigenvalue weighted by Crippen LogP contribution is 2.58. The van der Waals surface area contributed by atoms with Crippen molar-refractivity contribution >= 4 is 34.9 Å². The van der Waals surface area contributed by atoms with Crippen molar-refractivity contribution < 1.29 is 23.5 Å². The Morgan fingerprint density at radius 3 is 2.37 bits per heavy atom. The lowest BCUT2D eigenvalue weighted by molar-refractivity contribution is -0.121. The van der Waals surface area contributed by atoms with Crippen LogP contribution >= 0.6 is 0 Å². The number of carbonyl (C=O) groups is 3. The van der Waals surface area contributed by atoms with Crippen LogP contribution in [0.4, 0.5) is 15.8 Å². The molecule has 4 atom stereocenters. The number of hydrogen-bond donors (Lipinski definition) is 1. The Balaban J connectivity index is 1.53. The van der Waals surface area contributed by atoms with E-state index in [-0.39, 0.29) is 11.3 Å². The monoisotopic (exact) mass is 544 g/mol. The van der Waals surface area contributed by atoms with Crippen LogP contribution in [0.1, 0.15) is 31.8 Å². The van der Waals surface area contributed by atoms with Crippen LogP contribution in [-0.4, -0.2) is 36.7 Å². The number of amides is 1. The normalized spacial score (nSPS) is 23.5. The summed E-state index contributed by atoms with van der Waals surface area (Å²) in [5.41, 5.74) is 1.49. The summed E-state index contributed by atoms with van der Waals surface area (Å²) < 4.78 is 20.5. The Labute approximate surface area is 236 Å².